The highest BCUT2D eigenvalue weighted by Crippen LogP contribution is 2.11. The Kier molecular flexibility index (Phi) is 3.37. The summed E-state index contributed by atoms with van der Waals surface area (Å²) in [7, 11) is 4.03. The summed E-state index contributed by atoms with van der Waals surface area (Å²) in [4.78, 5) is 9.89. The molecule has 0 amide bonds. The van der Waals surface area contributed by atoms with Crippen LogP contribution in [-0.4, -0.2) is 24.1 Å². The fourth-order valence-electron chi connectivity index (χ4n) is 1.35. The zero-order valence-electron chi connectivity index (χ0n) is 9.88. The van der Waals surface area contributed by atoms with Gasteiger partial charge in [-0.3, -0.25) is 0 Å². The topological polar surface area (TPSA) is 29.0 Å². The van der Waals surface area contributed by atoms with Gasteiger partial charge in [0.25, 0.3) is 0 Å². The molecule has 3 nitrogen and oxygen atoms in total. The van der Waals surface area contributed by atoms with Crippen LogP contribution in [0.5, 0.6) is 0 Å². The Morgan fingerprint density at radius 3 is 2.06 bits per heavy atom. The molecule has 0 unspecified atom stereocenters. The second-order valence-corrected chi connectivity index (χ2v) is 3.82. The molecule has 1 aromatic heterocycles. The second-order valence-electron chi connectivity index (χ2n) is 3.82. The van der Waals surface area contributed by atoms with Crippen molar-refractivity contribution < 1.29 is 0 Å². The summed E-state index contributed by atoms with van der Waals surface area (Å²) in [5.74, 6) is 6.10. The number of rotatable bonds is 1. The molecule has 0 N–H and O–H groups in total. The molecule has 0 aliphatic carbocycles. The predicted octanol–water partition coefficient (Wildman–Crippen LogP) is 1.94. The van der Waals surface area contributed by atoms with E-state index in [9.17, 15) is 0 Å². The van der Waals surface area contributed by atoms with Crippen LogP contribution in [0, 0.1) is 11.8 Å². The van der Waals surface area contributed by atoms with E-state index in [0.717, 1.165) is 11.1 Å². The fraction of sp³-hybridized carbons (Fsp3) is 0.143. The molecule has 1 heterocycles. The molecule has 0 fully saturated rings. The molecule has 0 aliphatic rings. The maximum Gasteiger partial charge on any atom is 0.115 e. The lowest BCUT2D eigenvalue weighted by Crippen LogP contribution is -2.07. The molecule has 84 valence electrons. The molecular formula is C14H13N3. The summed E-state index contributed by atoms with van der Waals surface area (Å²) in [5.41, 5.74) is 2.97. The van der Waals surface area contributed by atoms with Crippen LogP contribution in [0.3, 0.4) is 0 Å². The first-order valence-electron chi connectivity index (χ1n) is 5.30. The van der Waals surface area contributed by atoms with Gasteiger partial charge >= 0.3 is 0 Å². The predicted molar refractivity (Wildman–Crippen MR) is 68.8 cm³/mol. The van der Waals surface area contributed by atoms with Crippen LogP contribution in [0.4, 0.5) is 5.69 Å². The van der Waals surface area contributed by atoms with Gasteiger partial charge in [0.2, 0.25) is 0 Å². The second kappa shape index (κ2) is 5.13. The van der Waals surface area contributed by atoms with Gasteiger partial charge in [-0.1, -0.05) is 11.8 Å². The first kappa shape index (κ1) is 11.2. The highest BCUT2D eigenvalue weighted by Gasteiger charge is 1.93. The van der Waals surface area contributed by atoms with Gasteiger partial charge in [-0.25, -0.2) is 9.97 Å². The molecule has 0 radical (unpaired) electrons. The van der Waals surface area contributed by atoms with Gasteiger partial charge in [-0.2, -0.15) is 0 Å². The van der Waals surface area contributed by atoms with Gasteiger partial charge in [0, 0.05) is 37.7 Å². The van der Waals surface area contributed by atoms with Gasteiger partial charge < -0.3 is 4.90 Å². The Hall–Kier alpha value is -2.34. The standard InChI is InChI=1S/C14H13N3/c1-17(2)14-7-5-12(6-8-14)3-4-13-9-15-11-16-10-13/h5-11H,1-2H3. The molecule has 17 heavy (non-hydrogen) atoms. The third-order valence-corrected chi connectivity index (χ3v) is 2.30. The van der Waals surface area contributed by atoms with E-state index in [0.29, 0.717) is 0 Å². The maximum absolute atomic E-state index is 3.91. The van der Waals surface area contributed by atoms with Crippen LogP contribution in [-0.2, 0) is 0 Å². The SMILES string of the molecule is CN(C)c1ccc(C#Cc2cncnc2)cc1. The Morgan fingerprint density at radius 2 is 1.47 bits per heavy atom. The van der Waals surface area contributed by atoms with Crippen LogP contribution in [0.1, 0.15) is 11.1 Å². The molecule has 0 saturated carbocycles. The van der Waals surface area contributed by atoms with Crippen LogP contribution in [0.25, 0.3) is 0 Å². The number of benzene rings is 1. The molecule has 0 spiro atoms. The summed E-state index contributed by atoms with van der Waals surface area (Å²) in [6.45, 7) is 0. The molecule has 0 aliphatic heterocycles. The van der Waals surface area contributed by atoms with Gasteiger partial charge in [-0.15, -0.1) is 0 Å². The number of hydrogen-bond acceptors (Lipinski definition) is 3. The van der Waals surface area contributed by atoms with E-state index in [-0.39, 0.29) is 0 Å². The molecule has 0 saturated heterocycles. The zero-order chi connectivity index (χ0) is 12.1. The van der Waals surface area contributed by atoms with Crippen molar-refractivity contribution in [1.29, 1.82) is 0 Å². The lowest BCUT2D eigenvalue weighted by atomic mass is 10.2. The minimum Gasteiger partial charge on any atom is -0.378 e. The van der Waals surface area contributed by atoms with Crippen molar-refractivity contribution in [3.63, 3.8) is 0 Å². The van der Waals surface area contributed by atoms with Gasteiger partial charge in [-0.05, 0) is 24.3 Å². The summed E-state index contributed by atoms with van der Waals surface area (Å²) >= 11 is 0. The third kappa shape index (κ3) is 3.05. The largest absolute Gasteiger partial charge is 0.378 e. The van der Waals surface area contributed by atoms with Crippen LogP contribution >= 0.6 is 0 Å². The number of anilines is 1. The van der Waals surface area contributed by atoms with Crippen LogP contribution in [0.15, 0.2) is 43.0 Å². The van der Waals surface area contributed by atoms with E-state index in [4.69, 9.17) is 0 Å². The lowest BCUT2D eigenvalue weighted by molar-refractivity contribution is 1.13. The van der Waals surface area contributed by atoms with Crippen LogP contribution < -0.4 is 4.90 Å². The Balaban J connectivity index is 2.17. The number of nitrogens with zero attached hydrogens (tertiary/aromatic N) is 3. The van der Waals surface area contributed by atoms with Crippen molar-refractivity contribution in [2.75, 3.05) is 19.0 Å². The van der Waals surface area contributed by atoms with Gasteiger partial charge in [0.15, 0.2) is 0 Å². The Morgan fingerprint density at radius 1 is 0.882 bits per heavy atom. The smallest absolute Gasteiger partial charge is 0.115 e. The van der Waals surface area contributed by atoms with Crippen molar-refractivity contribution in [3.05, 3.63) is 54.1 Å². The molecule has 1 aromatic carbocycles. The molecule has 0 atom stereocenters. The number of hydrogen-bond donors (Lipinski definition) is 0. The monoisotopic (exact) mass is 223 g/mol. The van der Waals surface area contributed by atoms with Gasteiger partial charge in [0.05, 0.1) is 5.56 Å². The highest BCUT2D eigenvalue weighted by molar-refractivity contribution is 5.50. The van der Waals surface area contributed by atoms with Crippen molar-refractivity contribution in [2.24, 2.45) is 0 Å². The average Bonchev–Trinajstić information content (AvgIpc) is 2.38. The average molecular weight is 223 g/mol. The molecule has 2 rings (SSSR count). The first-order chi connectivity index (χ1) is 8.25. The van der Waals surface area contributed by atoms with Crippen molar-refractivity contribution >= 4 is 5.69 Å². The fourth-order valence-corrected chi connectivity index (χ4v) is 1.35. The zero-order valence-corrected chi connectivity index (χ0v) is 9.88. The normalized spacial score (nSPS) is 9.29. The molecular weight excluding hydrogens is 210 g/mol. The molecule has 3 heteroatoms. The molecule has 2 aromatic rings. The van der Waals surface area contributed by atoms with E-state index < -0.39 is 0 Å². The van der Waals surface area contributed by atoms with Crippen LogP contribution in [0.2, 0.25) is 0 Å². The van der Waals surface area contributed by atoms with E-state index >= 15 is 0 Å². The highest BCUT2D eigenvalue weighted by atomic mass is 15.1. The first-order valence-corrected chi connectivity index (χ1v) is 5.30. The third-order valence-electron chi connectivity index (χ3n) is 2.30. The van der Waals surface area contributed by atoms with Crippen molar-refractivity contribution in [3.8, 4) is 11.8 Å². The van der Waals surface area contributed by atoms with Gasteiger partial charge in [0.1, 0.15) is 6.33 Å². The summed E-state index contributed by atoms with van der Waals surface area (Å²) in [6.07, 6.45) is 4.90. The Labute approximate surface area is 101 Å². The quantitative estimate of drug-likeness (QED) is 0.692. The number of aromatic nitrogens is 2. The minimum atomic E-state index is 0.823. The summed E-state index contributed by atoms with van der Waals surface area (Å²) in [6, 6.07) is 8.11. The van der Waals surface area contributed by atoms with E-state index in [1.165, 1.54) is 12.0 Å². The summed E-state index contributed by atoms with van der Waals surface area (Å²) < 4.78 is 0. The van der Waals surface area contributed by atoms with Crippen molar-refractivity contribution in [1.82, 2.24) is 9.97 Å². The minimum absolute atomic E-state index is 0.823. The Bertz CT molecular complexity index is 533. The summed E-state index contributed by atoms with van der Waals surface area (Å²) in [5, 5.41) is 0. The van der Waals surface area contributed by atoms with E-state index in [1.54, 1.807) is 12.4 Å². The molecule has 0 bridgehead atoms. The van der Waals surface area contributed by atoms with E-state index in [1.807, 2.05) is 38.4 Å². The maximum atomic E-state index is 3.91. The van der Waals surface area contributed by atoms with Crippen molar-refractivity contribution in [2.45, 2.75) is 0 Å². The van der Waals surface area contributed by atoms with E-state index in [2.05, 4.69) is 26.7 Å². The lowest BCUT2D eigenvalue weighted by Gasteiger charge is -2.11.